The molecule has 5 nitrogen and oxygen atoms in total. The van der Waals surface area contributed by atoms with Crippen LogP contribution in [0.2, 0.25) is 5.02 Å². The molecule has 6 heteroatoms. The molecule has 0 amide bonds. The summed E-state index contributed by atoms with van der Waals surface area (Å²) in [4.78, 5) is 8.10. The maximum absolute atomic E-state index is 6.04. The van der Waals surface area contributed by atoms with Crippen LogP contribution in [-0.4, -0.2) is 9.97 Å². The summed E-state index contributed by atoms with van der Waals surface area (Å²) in [6, 6.07) is 7.50. The Kier molecular flexibility index (Phi) is 3.96. The Morgan fingerprint density at radius 3 is 2.89 bits per heavy atom. The van der Waals surface area contributed by atoms with Crippen molar-refractivity contribution in [2.75, 3.05) is 5.43 Å². The number of hydrogen-bond donors (Lipinski definition) is 2. The average Bonchev–Trinajstić information content (AvgIpc) is 2.39. The van der Waals surface area contributed by atoms with E-state index in [-0.39, 0.29) is 0 Å². The number of hydrazine groups is 1. The van der Waals surface area contributed by atoms with Crippen LogP contribution in [0.3, 0.4) is 0 Å². The van der Waals surface area contributed by atoms with E-state index in [2.05, 4.69) is 15.4 Å². The van der Waals surface area contributed by atoms with Gasteiger partial charge in [-0.1, -0.05) is 29.8 Å². The zero-order valence-electron chi connectivity index (χ0n) is 9.85. The molecule has 2 rings (SSSR count). The number of benzene rings is 1. The van der Waals surface area contributed by atoms with Crippen molar-refractivity contribution >= 4 is 17.5 Å². The van der Waals surface area contributed by atoms with Gasteiger partial charge in [0.25, 0.3) is 0 Å². The highest BCUT2D eigenvalue weighted by molar-refractivity contribution is 6.31. The van der Waals surface area contributed by atoms with Crippen molar-refractivity contribution in [3.05, 3.63) is 46.6 Å². The molecular formula is C12H13ClN4O. The fourth-order valence-electron chi connectivity index (χ4n) is 1.40. The number of nitrogens with zero attached hydrogens (tertiary/aromatic N) is 2. The highest BCUT2D eigenvalue weighted by Crippen LogP contribution is 2.20. The molecule has 0 saturated carbocycles. The van der Waals surface area contributed by atoms with Crippen molar-refractivity contribution in [2.45, 2.75) is 13.5 Å². The first kappa shape index (κ1) is 12.6. The number of nitrogens with one attached hydrogen (secondary N) is 1. The quantitative estimate of drug-likeness (QED) is 0.655. The van der Waals surface area contributed by atoms with E-state index in [4.69, 9.17) is 22.2 Å². The molecule has 3 N–H and O–H groups in total. The number of rotatable bonds is 4. The van der Waals surface area contributed by atoms with Crippen LogP contribution < -0.4 is 16.0 Å². The molecule has 0 aliphatic heterocycles. The van der Waals surface area contributed by atoms with E-state index < -0.39 is 0 Å². The van der Waals surface area contributed by atoms with Gasteiger partial charge in [0, 0.05) is 22.3 Å². The van der Waals surface area contributed by atoms with Gasteiger partial charge in [-0.25, -0.2) is 10.8 Å². The predicted molar refractivity (Wildman–Crippen MR) is 70.4 cm³/mol. The smallest absolute Gasteiger partial charge is 0.240 e. The summed E-state index contributed by atoms with van der Waals surface area (Å²) in [6.07, 6.45) is 1.64. The van der Waals surface area contributed by atoms with Gasteiger partial charge in [-0.2, -0.15) is 4.98 Å². The Hall–Kier alpha value is -1.85. The van der Waals surface area contributed by atoms with E-state index in [9.17, 15) is 0 Å². The normalized spacial score (nSPS) is 10.2. The number of hydrogen-bond acceptors (Lipinski definition) is 5. The van der Waals surface area contributed by atoms with Crippen molar-refractivity contribution < 1.29 is 4.74 Å². The fraction of sp³-hybridized carbons (Fsp3) is 0.167. The molecule has 0 aliphatic rings. The number of nitrogen functional groups attached to an aromatic ring is 1. The molecule has 94 valence electrons. The summed E-state index contributed by atoms with van der Waals surface area (Å²) in [5.74, 6) is 6.05. The average molecular weight is 265 g/mol. The summed E-state index contributed by atoms with van der Waals surface area (Å²) < 4.78 is 5.62. The van der Waals surface area contributed by atoms with E-state index in [0.717, 1.165) is 11.1 Å². The van der Waals surface area contributed by atoms with Crippen LogP contribution >= 0.6 is 11.6 Å². The molecule has 18 heavy (non-hydrogen) atoms. The fourth-order valence-corrected chi connectivity index (χ4v) is 1.59. The first-order valence-electron chi connectivity index (χ1n) is 5.37. The van der Waals surface area contributed by atoms with Crippen LogP contribution in [0.1, 0.15) is 11.1 Å². The third-order valence-corrected chi connectivity index (χ3v) is 2.75. The zero-order chi connectivity index (χ0) is 13.0. The van der Waals surface area contributed by atoms with Crippen molar-refractivity contribution in [2.24, 2.45) is 5.84 Å². The van der Waals surface area contributed by atoms with Gasteiger partial charge >= 0.3 is 0 Å². The molecule has 1 aromatic carbocycles. The van der Waals surface area contributed by atoms with Crippen molar-refractivity contribution in [1.29, 1.82) is 0 Å². The topological polar surface area (TPSA) is 73.1 Å². The Morgan fingerprint density at radius 2 is 2.17 bits per heavy atom. The summed E-state index contributed by atoms with van der Waals surface area (Å²) in [6.45, 7) is 2.21. The Balaban J connectivity index is 2.13. The van der Waals surface area contributed by atoms with E-state index in [1.54, 1.807) is 6.20 Å². The number of ether oxygens (including phenoxy) is 1. The zero-order valence-corrected chi connectivity index (χ0v) is 10.6. The summed E-state index contributed by atoms with van der Waals surface area (Å²) in [7, 11) is 0. The lowest BCUT2D eigenvalue weighted by Gasteiger charge is -2.09. The number of aromatic nitrogens is 2. The van der Waals surface area contributed by atoms with Gasteiger partial charge in [-0.05, 0) is 13.0 Å². The SMILES string of the molecule is Cc1cnc(NN)nc1OCc1ccccc1Cl. The van der Waals surface area contributed by atoms with Crippen LogP contribution in [0.15, 0.2) is 30.5 Å². The van der Waals surface area contributed by atoms with Gasteiger partial charge in [-0.3, -0.25) is 5.43 Å². The molecule has 0 radical (unpaired) electrons. The van der Waals surface area contributed by atoms with Crippen LogP contribution in [0, 0.1) is 6.92 Å². The summed E-state index contributed by atoms with van der Waals surface area (Å²) in [5.41, 5.74) is 4.11. The van der Waals surface area contributed by atoms with Crippen molar-refractivity contribution in [3.63, 3.8) is 0 Å². The minimum Gasteiger partial charge on any atom is -0.472 e. The first-order valence-corrected chi connectivity index (χ1v) is 5.75. The molecule has 0 aliphatic carbocycles. The first-order chi connectivity index (χ1) is 8.70. The second-order valence-corrected chi connectivity index (χ2v) is 4.11. The Morgan fingerprint density at radius 1 is 1.39 bits per heavy atom. The molecule has 0 unspecified atom stereocenters. The van der Waals surface area contributed by atoms with Crippen LogP contribution in [-0.2, 0) is 6.61 Å². The number of aryl methyl sites for hydroxylation is 1. The molecule has 0 atom stereocenters. The highest BCUT2D eigenvalue weighted by Gasteiger charge is 2.06. The summed E-state index contributed by atoms with van der Waals surface area (Å²) in [5, 5.41) is 0.668. The molecule has 0 saturated heterocycles. The van der Waals surface area contributed by atoms with Gasteiger partial charge in [0.05, 0.1) is 0 Å². The maximum Gasteiger partial charge on any atom is 0.240 e. The lowest BCUT2D eigenvalue weighted by molar-refractivity contribution is 0.291. The van der Waals surface area contributed by atoms with Gasteiger partial charge in [0.1, 0.15) is 6.61 Å². The van der Waals surface area contributed by atoms with Gasteiger partial charge in [0.2, 0.25) is 11.8 Å². The predicted octanol–water partition coefficient (Wildman–Crippen LogP) is 2.30. The molecular weight excluding hydrogens is 252 g/mol. The van der Waals surface area contributed by atoms with E-state index in [1.807, 2.05) is 31.2 Å². The van der Waals surface area contributed by atoms with Crippen LogP contribution in [0.4, 0.5) is 5.95 Å². The van der Waals surface area contributed by atoms with E-state index in [1.165, 1.54) is 0 Å². The minimum absolute atomic E-state index is 0.315. The highest BCUT2D eigenvalue weighted by atomic mass is 35.5. The third kappa shape index (κ3) is 2.88. The lowest BCUT2D eigenvalue weighted by Crippen LogP contribution is -2.11. The Labute approximate surface area is 110 Å². The molecule has 0 spiro atoms. The Bertz CT molecular complexity index is 547. The molecule has 0 bridgehead atoms. The lowest BCUT2D eigenvalue weighted by atomic mass is 10.2. The van der Waals surface area contributed by atoms with Crippen LogP contribution in [0.5, 0.6) is 5.88 Å². The third-order valence-electron chi connectivity index (χ3n) is 2.38. The largest absolute Gasteiger partial charge is 0.472 e. The second-order valence-electron chi connectivity index (χ2n) is 3.71. The van der Waals surface area contributed by atoms with Gasteiger partial charge in [0.15, 0.2) is 0 Å². The second kappa shape index (κ2) is 5.66. The molecule has 1 heterocycles. The summed E-state index contributed by atoms with van der Waals surface area (Å²) >= 11 is 6.04. The molecule has 0 fully saturated rings. The van der Waals surface area contributed by atoms with E-state index >= 15 is 0 Å². The molecule has 2 aromatic rings. The number of halogens is 1. The number of nitrogens with two attached hydrogens (primary N) is 1. The van der Waals surface area contributed by atoms with Crippen molar-refractivity contribution in [1.82, 2.24) is 9.97 Å². The van der Waals surface area contributed by atoms with E-state index in [0.29, 0.717) is 23.5 Å². The van der Waals surface area contributed by atoms with Gasteiger partial charge < -0.3 is 4.74 Å². The number of anilines is 1. The minimum atomic E-state index is 0.315. The monoisotopic (exact) mass is 264 g/mol. The van der Waals surface area contributed by atoms with Crippen molar-refractivity contribution in [3.8, 4) is 5.88 Å². The molecule has 1 aromatic heterocycles. The van der Waals surface area contributed by atoms with Gasteiger partial charge in [-0.15, -0.1) is 0 Å². The van der Waals surface area contributed by atoms with Crippen LogP contribution in [0.25, 0.3) is 0 Å². The maximum atomic E-state index is 6.04. The standard InChI is InChI=1S/C12H13ClN4O/c1-8-6-15-12(17-14)16-11(8)18-7-9-4-2-3-5-10(9)13/h2-6H,7,14H2,1H3,(H,15,16,17).